The fraction of sp³-hybridized carbons (Fsp3) is 0.348. The van der Waals surface area contributed by atoms with Crippen molar-refractivity contribution in [2.24, 2.45) is 0 Å². The second kappa shape index (κ2) is 16.1. The van der Waals surface area contributed by atoms with Gasteiger partial charge in [0.15, 0.2) is 11.5 Å². The van der Waals surface area contributed by atoms with Crippen molar-refractivity contribution in [2.45, 2.75) is 44.8 Å². The van der Waals surface area contributed by atoms with Crippen LogP contribution in [0.3, 0.4) is 0 Å². The molecule has 2 amide bonds. The lowest BCUT2D eigenvalue weighted by Crippen LogP contribution is -2.54. The molecule has 11 heteroatoms. The van der Waals surface area contributed by atoms with Crippen LogP contribution in [0, 0.1) is 0 Å². The summed E-state index contributed by atoms with van der Waals surface area (Å²) in [7, 11) is 1.75. The first-order valence-electron chi connectivity index (χ1n) is 20.1. The Bertz CT molecular complexity index is 2250. The predicted octanol–water partition coefficient (Wildman–Crippen LogP) is 6.74. The summed E-state index contributed by atoms with van der Waals surface area (Å²) >= 11 is 0. The zero-order valence-corrected chi connectivity index (χ0v) is 32.4. The van der Waals surface area contributed by atoms with E-state index in [4.69, 9.17) is 14.2 Å². The van der Waals surface area contributed by atoms with Crippen LogP contribution in [0.25, 0.3) is 11.3 Å². The van der Waals surface area contributed by atoms with E-state index in [1.807, 2.05) is 48.5 Å². The van der Waals surface area contributed by atoms with Crippen LogP contribution in [0.2, 0.25) is 0 Å². The molecule has 0 aliphatic carbocycles. The summed E-state index contributed by atoms with van der Waals surface area (Å²) in [5.41, 5.74) is 7.44. The summed E-state index contributed by atoms with van der Waals surface area (Å²) in [5.74, 6) is 1.03. The molecule has 57 heavy (non-hydrogen) atoms. The molecule has 9 rings (SSSR count). The quantitative estimate of drug-likeness (QED) is 0.167. The number of carbonyl (C=O) groups is 2. The summed E-state index contributed by atoms with van der Waals surface area (Å²) in [6.45, 7) is 7.58. The molecule has 0 spiro atoms. The highest BCUT2D eigenvalue weighted by molar-refractivity contribution is 6.12. The first kappa shape index (κ1) is 37.0. The minimum atomic E-state index is -0.174. The number of fused-ring (bicyclic) bond motifs is 3. The fourth-order valence-electron chi connectivity index (χ4n) is 8.95. The fourth-order valence-corrected chi connectivity index (χ4v) is 8.95. The van der Waals surface area contributed by atoms with Crippen LogP contribution in [-0.4, -0.2) is 102 Å². The number of piperazine rings is 1. The van der Waals surface area contributed by atoms with Crippen molar-refractivity contribution < 1.29 is 28.9 Å². The summed E-state index contributed by atoms with van der Waals surface area (Å²) in [5, 5.41) is 10.1. The highest BCUT2D eigenvalue weighted by Gasteiger charge is 2.36. The van der Waals surface area contributed by atoms with E-state index in [1.54, 1.807) is 36.3 Å². The second-order valence-electron chi connectivity index (χ2n) is 15.4. The van der Waals surface area contributed by atoms with Gasteiger partial charge in [-0.2, -0.15) is 0 Å². The van der Waals surface area contributed by atoms with Gasteiger partial charge in [-0.25, -0.2) is 0 Å². The first-order chi connectivity index (χ1) is 27.9. The molecular weight excluding hydrogens is 719 g/mol. The summed E-state index contributed by atoms with van der Waals surface area (Å²) in [4.78, 5) is 39.0. The van der Waals surface area contributed by atoms with E-state index in [9.17, 15) is 9.90 Å². The number of aromatic hydroxyl groups is 1. The lowest BCUT2D eigenvalue weighted by Gasteiger charge is -2.42. The lowest BCUT2D eigenvalue weighted by atomic mass is 9.92. The number of benzene rings is 4. The van der Waals surface area contributed by atoms with E-state index >= 15 is 4.79 Å². The van der Waals surface area contributed by atoms with Crippen molar-refractivity contribution >= 4 is 23.2 Å². The highest BCUT2D eigenvalue weighted by Crippen LogP contribution is 2.43. The Morgan fingerprint density at radius 2 is 1.49 bits per heavy atom. The summed E-state index contributed by atoms with van der Waals surface area (Å²) in [6.07, 6.45) is 3.42. The molecule has 1 aromatic heterocycles. The number of phenolic OH excluding ortho intramolecular Hbond substituents is 1. The number of methoxy groups -OCH3 is 1. The van der Waals surface area contributed by atoms with Crippen LogP contribution in [0.1, 0.15) is 50.4 Å². The number of amides is 2. The Morgan fingerprint density at radius 1 is 0.789 bits per heavy atom. The van der Waals surface area contributed by atoms with Gasteiger partial charge in [-0.1, -0.05) is 42.5 Å². The Balaban J connectivity index is 1.10. The second-order valence-corrected chi connectivity index (χ2v) is 15.4. The van der Waals surface area contributed by atoms with Crippen LogP contribution in [-0.2, 0) is 30.7 Å². The van der Waals surface area contributed by atoms with E-state index in [2.05, 4.69) is 43.5 Å². The predicted molar refractivity (Wildman–Crippen MR) is 219 cm³/mol. The van der Waals surface area contributed by atoms with Crippen molar-refractivity contribution in [3.05, 3.63) is 125 Å². The van der Waals surface area contributed by atoms with Crippen LogP contribution in [0.15, 0.2) is 97.1 Å². The van der Waals surface area contributed by atoms with Gasteiger partial charge in [-0.05, 0) is 91.4 Å². The SMILES string of the molecule is COCCN1CCN(C[C@@H]2Cc3ccccc3CN2C(=O)c2cc3c(cc2-c2cc(C(=O)N(c4ccccc4)c4ccc(O)cc4)c4n2CCCC4)OCO3)CC1. The van der Waals surface area contributed by atoms with Gasteiger partial charge in [0.25, 0.3) is 11.8 Å². The molecule has 4 aliphatic rings. The van der Waals surface area contributed by atoms with Crippen LogP contribution >= 0.6 is 0 Å². The number of phenols is 1. The number of hydrogen-bond acceptors (Lipinski definition) is 8. The van der Waals surface area contributed by atoms with Gasteiger partial charge >= 0.3 is 0 Å². The Morgan fingerprint density at radius 3 is 2.26 bits per heavy atom. The monoisotopic (exact) mass is 767 g/mol. The molecule has 1 N–H and O–H groups in total. The molecular formula is C46H49N5O6. The number of para-hydroxylation sites is 1. The third-order valence-corrected chi connectivity index (χ3v) is 12.0. The van der Waals surface area contributed by atoms with Crippen LogP contribution < -0.4 is 14.4 Å². The van der Waals surface area contributed by atoms with Crippen LogP contribution in [0.5, 0.6) is 17.2 Å². The van der Waals surface area contributed by atoms with Crippen LogP contribution in [0.4, 0.5) is 11.4 Å². The molecule has 5 heterocycles. The number of ether oxygens (including phenoxy) is 3. The molecule has 4 aliphatic heterocycles. The highest BCUT2D eigenvalue weighted by atomic mass is 16.7. The number of aromatic nitrogens is 1. The normalized spacial score (nSPS) is 17.9. The van der Waals surface area contributed by atoms with Gasteiger partial charge in [0.1, 0.15) is 5.75 Å². The van der Waals surface area contributed by atoms with Crippen molar-refractivity contribution in [3.8, 4) is 28.5 Å². The Hall–Kier alpha value is -5.62. The molecule has 11 nitrogen and oxygen atoms in total. The minimum Gasteiger partial charge on any atom is -0.508 e. The smallest absolute Gasteiger partial charge is 0.264 e. The standard InChI is InChI=1S/C46H49N5O6/c1-55-24-23-47-19-21-48(22-20-47)30-36-25-32-9-5-6-10-33(32)29-50(36)45(53)39-28-44-43(56-31-57-44)27-38(39)42-26-40(41-13-7-8-18-49(41)42)46(54)51(34-11-3-2-4-12-34)35-14-16-37(52)17-15-35/h2-6,9-12,14-17,26-28,36,52H,7-8,13,18-25,29-31H2,1H3/t36-/m0/s1. The number of anilines is 2. The lowest BCUT2D eigenvalue weighted by molar-refractivity contribution is 0.0493. The van der Waals surface area contributed by atoms with Crippen molar-refractivity contribution in [3.63, 3.8) is 0 Å². The number of rotatable bonds is 10. The molecule has 1 fully saturated rings. The largest absolute Gasteiger partial charge is 0.508 e. The average Bonchev–Trinajstić information content (AvgIpc) is 3.88. The average molecular weight is 768 g/mol. The molecule has 1 saturated heterocycles. The molecule has 4 aromatic carbocycles. The number of carbonyl (C=O) groups excluding carboxylic acids is 2. The first-order valence-corrected chi connectivity index (χ1v) is 20.1. The van der Waals surface area contributed by atoms with Crippen molar-refractivity contribution in [1.29, 1.82) is 0 Å². The summed E-state index contributed by atoms with van der Waals surface area (Å²) < 4.78 is 19.4. The maximum atomic E-state index is 15.3. The van der Waals surface area contributed by atoms with E-state index in [0.717, 1.165) is 106 Å². The van der Waals surface area contributed by atoms with Gasteiger partial charge in [0, 0.05) is 93.8 Å². The topological polar surface area (TPSA) is 100.0 Å². The van der Waals surface area contributed by atoms with Gasteiger partial charge in [0.05, 0.1) is 17.7 Å². The maximum Gasteiger partial charge on any atom is 0.264 e. The third kappa shape index (κ3) is 7.38. The maximum absolute atomic E-state index is 15.3. The van der Waals surface area contributed by atoms with E-state index in [0.29, 0.717) is 34.9 Å². The molecule has 1 atom stereocenters. The Labute approximate surface area is 333 Å². The molecule has 5 aromatic rings. The summed E-state index contributed by atoms with van der Waals surface area (Å²) in [6, 6.07) is 30.5. The van der Waals surface area contributed by atoms with Gasteiger partial charge < -0.3 is 28.8 Å². The van der Waals surface area contributed by atoms with Gasteiger partial charge in [-0.3, -0.25) is 24.3 Å². The van der Waals surface area contributed by atoms with Crippen molar-refractivity contribution in [2.75, 3.05) is 64.7 Å². The van der Waals surface area contributed by atoms with E-state index in [1.165, 1.54) is 5.56 Å². The molecule has 0 bridgehead atoms. The zero-order chi connectivity index (χ0) is 38.9. The van der Waals surface area contributed by atoms with E-state index in [-0.39, 0.29) is 30.4 Å². The molecule has 0 saturated carbocycles. The number of hydrogen-bond donors (Lipinski definition) is 1. The molecule has 294 valence electrons. The van der Waals surface area contributed by atoms with E-state index < -0.39 is 0 Å². The minimum absolute atomic E-state index is 0.0284. The van der Waals surface area contributed by atoms with Gasteiger partial charge in [0.2, 0.25) is 6.79 Å². The Kier molecular flexibility index (Phi) is 10.4. The number of nitrogens with zero attached hydrogens (tertiary/aromatic N) is 5. The zero-order valence-electron chi connectivity index (χ0n) is 32.4. The molecule has 0 radical (unpaired) electrons. The van der Waals surface area contributed by atoms with Gasteiger partial charge in [-0.15, -0.1) is 0 Å². The molecule has 0 unspecified atom stereocenters. The third-order valence-electron chi connectivity index (χ3n) is 12.0. The van der Waals surface area contributed by atoms with Crippen molar-refractivity contribution in [1.82, 2.24) is 19.3 Å².